The van der Waals surface area contributed by atoms with E-state index in [9.17, 15) is 4.39 Å². The van der Waals surface area contributed by atoms with Crippen molar-refractivity contribution < 1.29 is 9.13 Å². The number of hydrogen-bond acceptors (Lipinski definition) is 4. The lowest BCUT2D eigenvalue weighted by molar-refractivity contribution is 0.169. The Morgan fingerprint density at radius 2 is 1.79 bits per heavy atom. The van der Waals surface area contributed by atoms with Crippen LogP contribution in [0.25, 0.3) is 11.3 Å². The first-order valence-corrected chi connectivity index (χ1v) is 9.77. The number of piperidine rings is 1. The van der Waals surface area contributed by atoms with Crippen LogP contribution < -0.4 is 4.74 Å². The van der Waals surface area contributed by atoms with Crippen molar-refractivity contribution in [3.63, 3.8) is 0 Å². The lowest BCUT2D eigenvalue weighted by Crippen LogP contribution is -2.37. The summed E-state index contributed by atoms with van der Waals surface area (Å²) in [7, 11) is 0. The van der Waals surface area contributed by atoms with Gasteiger partial charge in [0.1, 0.15) is 18.2 Å². The Balaban J connectivity index is 1.44. The predicted octanol–water partition coefficient (Wildman–Crippen LogP) is 4.54. The molecule has 1 aliphatic heterocycles. The molecule has 3 aromatic rings. The SMILES string of the molecule is Fc1ccccc1-c1nccnc1C1CCCN(CCOc2ccccc2)C1. The van der Waals surface area contributed by atoms with Crippen molar-refractivity contribution >= 4 is 0 Å². The second kappa shape index (κ2) is 8.93. The third-order valence-corrected chi connectivity index (χ3v) is 5.17. The second-order valence-corrected chi connectivity index (χ2v) is 7.07. The molecule has 144 valence electrons. The van der Waals surface area contributed by atoms with E-state index in [2.05, 4.69) is 14.9 Å². The van der Waals surface area contributed by atoms with E-state index in [-0.39, 0.29) is 11.7 Å². The van der Waals surface area contributed by atoms with E-state index in [0.717, 1.165) is 43.9 Å². The van der Waals surface area contributed by atoms with E-state index in [0.29, 0.717) is 17.9 Å². The number of likely N-dealkylation sites (tertiary alicyclic amines) is 1. The van der Waals surface area contributed by atoms with Gasteiger partial charge < -0.3 is 4.74 Å². The molecule has 0 spiro atoms. The first kappa shape index (κ1) is 18.6. The maximum Gasteiger partial charge on any atom is 0.132 e. The van der Waals surface area contributed by atoms with Crippen LogP contribution in [-0.2, 0) is 0 Å². The predicted molar refractivity (Wildman–Crippen MR) is 108 cm³/mol. The smallest absolute Gasteiger partial charge is 0.132 e. The van der Waals surface area contributed by atoms with Crippen molar-refractivity contribution in [3.05, 3.63) is 78.5 Å². The van der Waals surface area contributed by atoms with Gasteiger partial charge in [0.05, 0.1) is 11.4 Å². The van der Waals surface area contributed by atoms with Crippen molar-refractivity contribution in [3.8, 4) is 17.0 Å². The highest BCUT2D eigenvalue weighted by molar-refractivity contribution is 5.62. The molecule has 0 bridgehead atoms. The van der Waals surface area contributed by atoms with E-state index in [1.165, 1.54) is 6.07 Å². The minimum Gasteiger partial charge on any atom is -0.492 e. The monoisotopic (exact) mass is 377 g/mol. The molecule has 0 N–H and O–H groups in total. The summed E-state index contributed by atoms with van der Waals surface area (Å²) in [4.78, 5) is 11.5. The maximum absolute atomic E-state index is 14.3. The molecule has 1 aliphatic rings. The fourth-order valence-electron chi connectivity index (χ4n) is 3.80. The maximum atomic E-state index is 14.3. The highest BCUT2D eigenvalue weighted by Gasteiger charge is 2.26. The third-order valence-electron chi connectivity index (χ3n) is 5.17. The van der Waals surface area contributed by atoms with Crippen LogP contribution >= 0.6 is 0 Å². The average molecular weight is 377 g/mol. The van der Waals surface area contributed by atoms with Gasteiger partial charge in [0, 0.05) is 37.0 Å². The molecule has 0 aliphatic carbocycles. The molecule has 2 heterocycles. The molecule has 4 nitrogen and oxygen atoms in total. The molecule has 0 saturated carbocycles. The van der Waals surface area contributed by atoms with Gasteiger partial charge in [-0.3, -0.25) is 14.9 Å². The van der Waals surface area contributed by atoms with Crippen molar-refractivity contribution in [1.29, 1.82) is 0 Å². The summed E-state index contributed by atoms with van der Waals surface area (Å²) in [6.07, 6.45) is 5.47. The molecule has 1 saturated heterocycles. The van der Waals surface area contributed by atoms with E-state index in [4.69, 9.17) is 4.74 Å². The Labute approximate surface area is 165 Å². The first-order valence-electron chi connectivity index (χ1n) is 9.77. The Bertz CT molecular complexity index is 903. The average Bonchev–Trinajstić information content (AvgIpc) is 2.75. The van der Waals surface area contributed by atoms with Crippen LogP contribution in [0.3, 0.4) is 0 Å². The van der Waals surface area contributed by atoms with Crippen molar-refractivity contribution in [2.24, 2.45) is 0 Å². The summed E-state index contributed by atoms with van der Waals surface area (Å²) in [5, 5.41) is 0. The fraction of sp³-hybridized carbons (Fsp3) is 0.304. The normalized spacial score (nSPS) is 17.4. The van der Waals surface area contributed by atoms with Crippen LogP contribution in [0.15, 0.2) is 67.0 Å². The fourth-order valence-corrected chi connectivity index (χ4v) is 3.80. The zero-order chi connectivity index (χ0) is 19.2. The molecule has 1 aromatic heterocycles. The lowest BCUT2D eigenvalue weighted by Gasteiger charge is -2.32. The highest BCUT2D eigenvalue weighted by atomic mass is 19.1. The number of benzene rings is 2. The van der Waals surface area contributed by atoms with Gasteiger partial charge in [-0.15, -0.1) is 0 Å². The second-order valence-electron chi connectivity index (χ2n) is 7.07. The van der Waals surface area contributed by atoms with E-state index < -0.39 is 0 Å². The highest BCUT2D eigenvalue weighted by Crippen LogP contribution is 2.32. The van der Waals surface area contributed by atoms with Crippen LogP contribution in [-0.4, -0.2) is 41.1 Å². The van der Waals surface area contributed by atoms with Crippen LogP contribution in [0.4, 0.5) is 4.39 Å². The molecular formula is C23H24FN3O. The van der Waals surface area contributed by atoms with Gasteiger partial charge in [-0.05, 0) is 43.7 Å². The summed E-state index contributed by atoms with van der Waals surface area (Å²) in [6, 6.07) is 16.7. The molecule has 28 heavy (non-hydrogen) atoms. The van der Waals surface area contributed by atoms with Crippen LogP contribution in [0.1, 0.15) is 24.5 Å². The number of halogens is 1. The molecule has 1 fully saturated rings. The zero-order valence-electron chi connectivity index (χ0n) is 15.8. The molecule has 5 heteroatoms. The van der Waals surface area contributed by atoms with Crippen molar-refractivity contribution in [2.75, 3.05) is 26.2 Å². The minimum absolute atomic E-state index is 0.244. The van der Waals surface area contributed by atoms with Gasteiger partial charge >= 0.3 is 0 Å². The Hall–Kier alpha value is -2.79. The molecule has 1 unspecified atom stereocenters. The van der Waals surface area contributed by atoms with Gasteiger partial charge in [-0.2, -0.15) is 0 Å². The Morgan fingerprint density at radius 3 is 2.64 bits per heavy atom. The molecule has 0 radical (unpaired) electrons. The number of nitrogens with zero attached hydrogens (tertiary/aromatic N) is 3. The number of aromatic nitrogens is 2. The molecule has 1 atom stereocenters. The summed E-state index contributed by atoms with van der Waals surface area (Å²) >= 11 is 0. The summed E-state index contributed by atoms with van der Waals surface area (Å²) < 4.78 is 20.2. The number of hydrogen-bond donors (Lipinski definition) is 0. The zero-order valence-corrected chi connectivity index (χ0v) is 15.8. The lowest BCUT2D eigenvalue weighted by atomic mass is 9.91. The summed E-state index contributed by atoms with van der Waals surface area (Å²) in [6.45, 7) is 3.44. The summed E-state index contributed by atoms with van der Waals surface area (Å²) in [5.74, 6) is 0.883. The molecule has 0 amide bonds. The molecule has 2 aromatic carbocycles. The van der Waals surface area contributed by atoms with E-state index >= 15 is 0 Å². The standard InChI is InChI=1S/C23H24FN3O/c24-21-11-5-4-10-20(21)23-22(25-12-13-26-23)18-7-6-14-27(17-18)15-16-28-19-8-2-1-3-9-19/h1-5,8-13,18H,6-7,14-17H2. The molecule has 4 rings (SSSR count). The largest absolute Gasteiger partial charge is 0.492 e. The van der Waals surface area contributed by atoms with Crippen LogP contribution in [0.5, 0.6) is 5.75 Å². The Kier molecular flexibility index (Phi) is 5.92. The van der Waals surface area contributed by atoms with E-state index in [1.54, 1.807) is 24.5 Å². The minimum atomic E-state index is -0.256. The van der Waals surface area contributed by atoms with Gasteiger partial charge in [0.15, 0.2) is 0 Å². The number of para-hydroxylation sites is 1. The Morgan fingerprint density at radius 1 is 1.00 bits per heavy atom. The van der Waals surface area contributed by atoms with Gasteiger partial charge in [0.2, 0.25) is 0 Å². The number of rotatable bonds is 6. The topological polar surface area (TPSA) is 38.2 Å². The van der Waals surface area contributed by atoms with E-state index in [1.807, 2.05) is 36.4 Å². The van der Waals surface area contributed by atoms with Gasteiger partial charge in [-0.25, -0.2) is 4.39 Å². The quantitative estimate of drug-likeness (QED) is 0.632. The van der Waals surface area contributed by atoms with Crippen molar-refractivity contribution in [2.45, 2.75) is 18.8 Å². The summed E-state index contributed by atoms with van der Waals surface area (Å²) in [5.41, 5.74) is 2.07. The first-order chi connectivity index (χ1) is 13.8. The van der Waals surface area contributed by atoms with Crippen LogP contribution in [0.2, 0.25) is 0 Å². The molecular weight excluding hydrogens is 353 g/mol. The van der Waals surface area contributed by atoms with Gasteiger partial charge in [0.25, 0.3) is 0 Å². The van der Waals surface area contributed by atoms with Gasteiger partial charge in [-0.1, -0.05) is 30.3 Å². The third kappa shape index (κ3) is 4.37. The van der Waals surface area contributed by atoms with Crippen LogP contribution in [0, 0.1) is 5.82 Å². The van der Waals surface area contributed by atoms with Crippen molar-refractivity contribution in [1.82, 2.24) is 14.9 Å². The number of ether oxygens (including phenoxy) is 1.